The molecule has 2 aromatic carbocycles. The van der Waals surface area contributed by atoms with E-state index in [2.05, 4.69) is 5.32 Å². The van der Waals surface area contributed by atoms with Gasteiger partial charge in [-0.3, -0.25) is 0 Å². The minimum absolute atomic E-state index is 0.0988. The highest BCUT2D eigenvalue weighted by Gasteiger charge is 2.23. The molecule has 0 radical (unpaired) electrons. The van der Waals surface area contributed by atoms with Gasteiger partial charge in [0.2, 0.25) is 0 Å². The van der Waals surface area contributed by atoms with Crippen LogP contribution in [0.5, 0.6) is 5.75 Å². The van der Waals surface area contributed by atoms with E-state index in [4.69, 9.17) is 13.9 Å². The first-order chi connectivity index (χ1) is 14.9. The Morgan fingerprint density at radius 2 is 1.84 bits per heavy atom. The molecule has 7 heteroatoms. The summed E-state index contributed by atoms with van der Waals surface area (Å²) >= 11 is 0. The Labute approximate surface area is 179 Å². The van der Waals surface area contributed by atoms with E-state index in [1.165, 1.54) is 6.92 Å². The van der Waals surface area contributed by atoms with Gasteiger partial charge in [0.15, 0.2) is 0 Å². The van der Waals surface area contributed by atoms with Crippen molar-refractivity contribution in [3.63, 3.8) is 0 Å². The maximum Gasteiger partial charge on any atom is 0.408 e. The van der Waals surface area contributed by atoms with Crippen molar-refractivity contribution in [2.24, 2.45) is 0 Å². The van der Waals surface area contributed by atoms with Gasteiger partial charge in [0.05, 0.1) is 0 Å². The Morgan fingerprint density at radius 1 is 1.10 bits per heavy atom. The topological polar surface area (TPSA) is 94.8 Å². The lowest BCUT2D eigenvalue weighted by atomic mass is 10.0. The Morgan fingerprint density at radius 3 is 2.61 bits per heavy atom. The zero-order chi connectivity index (χ0) is 22.0. The highest BCUT2D eigenvalue weighted by Crippen LogP contribution is 2.33. The molecular formula is C24H23NO6. The van der Waals surface area contributed by atoms with E-state index in [1.54, 1.807) is 13.0 Å². The van der Waals surface area contributed by atoms with Gasteiger partial charge >= 0.3 is 17.7 Å². The molecule has 0 spiro atoms. The third-order valence-corrected chi connectivity index (χ3v) is 5.45. The van der Waals surface area contributed by atoms with Gasteiger partial charge in [0, 0.05) is 16.5 Å². The summed E-state index contributed by atoms with van der Waals surface area (Å²) in [6.07, 6.45) is 1.78. The van der Waals surface area contributed by atoms with Crippen LogP contribution in [0.2, 0.25) is 0 Å². The van der Waals surface area contributed by atoms with Crippen molar-refractivity contribution in [1.29, 1.82) is 0 Å². The second-order valence-electron chi connectivity index (χ2n) is 7.61. The SMILES string of the molecule is Cc1c(OC(=O)[C@H](C)NC(=O)OCc2ccccc2)ccc2c3c(c(=O)oc12)CCC3. The van der Waals surface area contributed by atoms with Gasteiger partial charge in [0.25, 0.3) is 0 Å². The molecule has 0 saturated heterocycles. The molecule has 1 aromatic heterocycles. The fraction of sp³-hybridized carbons (Fsp3) is 0.292. The molecule has 7 nitrogen and oxygen atoms in total. The largest absolute Gasteiger partial charge is 0.445 e. The monoisotopic (exact) mass is 421 g/mol. The van der Waals surface area contributed by atoms with E-state index in [9.17, 15) is 14.4 Å². The second kappa shape index (κ2) is 8.63. The minimum Gasteiger partial charge on any atom is -0.445 e. The third-order valence-electron chi connectivity index (χ3n) is 5.45. The zero-order valence-corrected chi connectivity index (χ0v) is 17.4. The minimum atomic E-state index is -0.926. The predicted octanol–water partition coefficient (Wildman–Crippen LogP) is 3.81. The number of hydrogen-bond acceptors (Lipinski definition) is 6. The van der Waals surface area contributed by atoms with Crippen molar-refractivity contribution in [3.8, 4) is 5.75 Å². The van der Waals surface area contributed by atoms with E-state index < -0.39 is 18.1 Å². The summed E-state index contributed by atoms with van der Waals surface area (Å²) in [5, 5.41) is 3.34. The summed E-state index contributed by atoms with van der Waals surface area (Å²) in [4.78, 5) is 36.7. The van der Waals surface area contributed by atoms with E-state index in [-0.39, 0.29) is 18.0 Å². The lowest BCUT2D eigenvalue weighted by Gasteiger charge is -2.15. The van der Waals surface area contributed by atoms with E-state index in [0.717, 1.165) is 41.3 Å². The van der Waals surface area contributed by atoms with E-state index in [1.807, 2.05) is 36.4 Å². The van der Waals surface area contributed by atoms with Crippen molar-refractivity contribution in [2.45, 2.75) is 45.8 Å². The molecule has 0 saturated carbocycles. The van der Waals surface area contributed by atoms with Crippen LogP contribution < -0.4 is 15.7 Å². The normalized spacial score (nSPS) is 13.5. The molecule has 1 heterocycles. The maximum absolute atomic E-state index is 12.5. The van der Waals surface area contributed by atoms with Gasteiger partial charge in [-0.25, -0.2) is 14.4 Å². The summed E-state index contributed by atoms with van der Waals surface area (Å²) in [5.41, 5.74) is 3.26. The number of ether oxygens (including phenoxy) is 2. The number of benzene rings is 2. The molecular weight excluding hydrogens is 398 g/mol. The lowest BCUT2D eigenvalue weighted by Crippen LogP contribution is -2.41. The fourth-order valence-corrected chi connectivity index (χ4v) is 3.77. The molecule has 4 rings (SSSR count). The van der Waals surface area contributed by atoms with Crippen molar-refractivity contribution >= 4 is 23.0 Å². The molecule has 1 atom stereocenters. The number of nitrogens with one attached hydrogen (secondary N) is 1. The molecule has 3 aromatic rings. The lowest BCUT2D eigenvalue weighted by molar-refractivity contribution is -0.136. The number of alkyl carbamates (subject to hydrolysis) is 1. The molecule has 160 valence electrons. The van der Waals surface area contributed by atoms with Gasteiger partial charge in [-0.15, -0.1) is 0 Å². The van der Waals surface area contributed by atoms with Crippen LogP contribution >= 0.6 is 0 Å². The Hall–Kier alpha value is -3.61. The number of amides is 1. The molecule has 31 heavy (non-hydrogen) atoms. The molecule has 0 unspecified atom stereocenters. The van der Waals surface area contributed by atoms with Crippen LogP contribution in [0.15, 0.2) is 51.7 Å². The van der Waals surface area contributed by atoms with Gasteiger partial charge in [0.1, 0.15) is 24.0 Å². The summed E-state index contributed by atoms with van der Waals surface area (Å²) in [6.45, 7) is 3.35. The summed E-state index contributed by atoms with van der Waals surface area (Å²) < 4.78 is 16.1. The summed E-state index contributed by atoms with van der Waals surface area (Å²) in [5.74, 6) is -0.368. The average molecular weight is 421 g/mol. The standard InChI is InChI=1S/C24H23NO6/c1-14-20(12-11-18-17-9-6-10-19(17)23(27)31-21(14)18)30-22(26)15(2)25-24(28)29-13-16-7-4-3-5-8-16/h3-5,7-8,11-12,15H,6,9-10,13H2,1-2H3,(H,25,28)/t15-/m0/s1. The zero-order valence-electron chi connectivity index (χ0n) is 17.4. The number of aryl methyl sites for hydroxylation is 2. The average Bonchev–Trinajstić information content (AvgIpc) is 3.26. The number of esters is 1. The highest BCUT2D eigenvalue weighted by atomic mass is 16.6. The van der Waals surface area contributed by atoms with Crippen LogP contribution in [-0.2, 0) is 29.0 Å². The molecule has 1 amide bonds. The highest BCUT2D eigenvalue weighted by molar-refractivity contribution is 5.88. The van der Waals surface area contributed by atoms with Gasteiger partial charge in [-0.1, -0.05) is 30.3 Å². The first kappa shape index (κ1) is 20.7. The molecule has 0 fully saturated rings. The predicted molar refractivity (Wildman–Crippen MR) is 114 cm³/mol. The molecule has 1 aliphatic carbocycles. The van der Waals surface area contributed by atoms with Crippen LogP contribution in [0.3, 0.4) is 0 Å². The number of carbonyl (C=O) groups excluding carboxylic acids is 2. The first-order valence-corrected chi connectivity index (χ1v) is 10.2. The van der Waals surface area contributed by atoms with Gasteiger partial charge in [-0.05, 0) is 56.4 Å². The molecule has 0 aliphatic heterocycles. The van der Waals surface area contributed by atoms with Crippen LogP contribution in [-0.4, -0.2) is 18.1 Å². The van der Waals surface area contributed by atoms with Crippen molar-refractivity contribution in [3.05, 3.63) is 75.1 Å². The number of carbonyl (C=O) groups is 2. The van der Waals surface area contributed by atoms with Crippen molar-refractivity contribution < 1.29 is 23.5 Å². The number of fused-ring (bicyclic) bond motifs is 3. The van der Waals surface area contributed by atoms with Crippen LogP contribution in [0.4, 0.5) is 4.79 Å². The number of hydrogen-bond donors (Lipinski definition) is 1. The Kier molecular flexibility index (Phi) is 5.75. The fourth-order valence-electron chi connectivity index (χ4n) is 3.77. The van der Waals surface area contributed by atoms with E-state index >= 15 is 0 Å². The van der Waals surface area contributed by atoms with Crippen LogP contribution in [0.1, 0.15) is 35.6 Å². The van der Waals surface area contributed by atoms with E-state index in [0.29, 0.717) is 11.1 Å². The first-order valence-electron chi connectivity index (χ1n) is 10.2. The van der Waals surface area contributed by atoms with Crippen molar-refractivity contribution in [2.75, 3.05) is 0 Å². The van der Waals surface area contributed by atoms with Gasteiger partial charge in [-0.2, -0.15) is 0 Å². The van der Waals surface area contributed by atoms with Gasteiger partial charge < -0.3 is 19.2 Å². The Bertz CT molecular complexity index is 1200. The summed E-state index contributed by atoms with van der Waals surface area (Å²) in [6, 6.07) is 11.8. The quantitative estimate of drug-likeness (QED) is 0.382. The molecule has 0 bridgehead atoms. The molecule has 1 aliphatic rings. The van der Waals surface area contributed by atoms with Crippen LogP contribution in [0.25, 0.3) is 11.0 Å². The summed E-state index contributed by atoms with van der Waals surface area (Å²) in [7, 11) is 0. The third kappa shape index (κ3) is 4.30. The van der Waals surface area contributed by atoms with Crippen LogP contribution in [0, 0.1) is 6.92 Å². The van der Waals surface area contributed by atoms with Crippen molar-refractivity contribution in [1.82, 2.24) is 5.32 Å². The second-order valence-corrected chi connectivity index (χ2v) is 7.61. The molecule has 1 N–H and O–H groups in total. The maximum atomic E-state index is 12.5. The number of rotatable bonds is 5. The Balaban J connectivity index is 1.43. The smallest absolute Gasteiger partial charge is 0.408 e.